The van der Waals surface area contributed by atoms with E-state index in [2.05, 4.69) is 216 Å². The highest BCUT2D eigenvalue weighted by Gasteiger charge is 2.48. The molecule has 1 aliphatic carbocycles. The lowest BCUT2D eigenvalue weighted by Crippen LogP contribution is -2.60. The van der Waals surface area contributed by atoms with Crippen molar-refractivity contribution in [2.45, 2.75) is 71.6 Å². The molecule has 2 aliphatic heterocycles. The van der Waals surface area contributed by atoms with E-state index in [1.54, 1.807) is 0 Å². The van der Waals surface area contributed by atoms with Crippen LogP contribution in [-0.2, 0) is 16.2 Å². The summed E-state index contributed by atoms with van der Waals surface area (Å²) in [6.45, 7) is 18.6. The Morgan fingerprint density at radius 3 is 2.11 bits per heavy atom. The maximum Gasteiger partial charge on any atom is 0.333 e. The Bertz CT molecular complexity index is 3920. The monoisotopic (exact) mass is 868 g/mol. The Morgan fingerprint density at radius 2 is 1.32 bits per heavy atom. The van der Waals surface area contributed by atoms with Crippen LogP contribution in [0.1, 0.15) is 77.6 Å². The molecule has 0 N–H and O–H groups in total. The van der Waals surface area contributed by atoms with Crippen molar-refractivity contribution in [2.24, 2.45) is 0 Å². The van der Waals surface area contributed by atoms with Crippen LogP contribution in [-0.4, -0.2) is 11.4 Å². The Hall–Kier alpha value is -6.82. The van der Waals surface area contributed by atoms with Crippen molar-refractivity contribution >= 4 is 94.3 Å². The van der Waals surface area contributed by atoms with E-state index in [1.165, 1.54) is 120 Å². The normalized spacial score (nSPS) is 14.7. The van der Waals surface area contributed by atoms with Gasteiger partial charge in [-0.25, -0.2) is 0 Å². The molecule has 0 amide bonds. The molecule has 0 radical (unpaired) electrons. The van der Waals surface area contributed by atoms with Gasteiger partial charge in [0.1, 0.15) is 11.2 Å². The van der Waals surface area contributed by atoms with Gasteiger partial charge in [-0.2, -0.15) is 0 Å². The SMILES string of the molecule is CC(C)(C)c1ccc(N2B3c4cc5cc(-c6ccccc6)sc5cc4-n4c5ccc(C(C)(C)C)cc5c5c6c(oc7ccccc76)c(c3c54)-c3cc4c(cc32)C(C)(C)c2ccccc2-4)cc1. The molecule has 318 valence electrons. The molecule has 5 heteroatoms. The van der Waals surface area contributed by atoms with Gasteiger partial charge in [0, 0.05) is 64.7 Å². The van der Waals surface area contributed by atoms with Crippen LogP contribution in [0.3, 0.4) is 0 Å². The molecule has 0 saturated carbocycles. The summed E-state index contributed by atoms with van der Waals surface area (Å²) < 4.78 is 11.3. The highest BCUT2D eigenvalue weighted by Crippen LogP contribution is 2.57. The zero-order valence-electron chi connectivity index (χ0n) is 38.7. The number of nitrogens with zero attached hydrogens (tertiary/aromatic N) is 2. The summed E-state index contributed by atoms with van der Waals surface area (Å²) in [4.78, 5) is 3.99. The summed E-state index contributed by atoms with van der Waals surface area (Å²) in [5.41, 5.74) is 22.2. The largest absolute Gasteiger partial charge is 0.455 e. The molecular formula is C61H49BN2OS. The maximum atomic E-state index is 7.35. The summed E-state index contributed by atoms with van der Waals surface area (Å²) in [6, 6.07) is 58.0. The smallest absolute Gasteiger partial charge is 0.333 e. The summed E-state index contributed by atoms with van der Waals surface area (Å²) in [5.74, 6) is 0. The fraction of sp³-hybridized carbons (Fsp3) is 0.180. The van der Waals surface area contributed by atoms with E-state index in [-0.39, 0.29) is 23.1 Å². The van der Waals surface area contributed by atoms with Crippen molar-refractivity contribution in [3.8, 4) is 38.4 Å². The van der Waals surface area contributed by atoms with Gasteiger partial charge in [-0.1, -0.05) is 152 Å². The van der Waals surface area contributed by atoms with E-state index in [1.807, 2.05) is 11.3 Å². The number of hydrogen-bond donors (Lipinski definition) is 0. The minimum absolute atomic E-state index is 0.0198. The van der Waals surface area contributed by atoms with Crippen LogP contribution in [0.4, 0.5) is 11.4 Å². The topological polar surface area (TPSA) is 21.3 Å². The van der Waals surface area contributed by atoms with Crippen LogP contribution in [0.15, 0.2) is 156 Å². The molecule has 0 spiro atoms. The number of rotatable bonds is 2. The fourth-order valence-electron chi connectivity index (χ4n) is 12.1. The van der Waals surface area contributed by atoms with E-state index < -0.39 is 0 Å². The van der Waals surface area contributed by atoms with Gasteiger partial charge in [0.25, 0.3) is 0 Å². The number of furan rings is 1. The highest BCUT2D eigenvalue weighted by molar-refractivity contribution is 7.22. The van der Waals surface area contributed by atoms with Crippen molar-refractivity contribution in [3.63, 3.8) is 0 Å². The average molecular weight is 869 g/mol. The van der Waals surface area contributed by atoms with Crippen molar-refractivity contribution in [3.05, 3.63) is 174 Å². The minimum atomic E-state index is -0.181. The Labute approximate surface area is 390 Å². The maximum absolute atomic E-state index is 7.35. The van der Waals surface area contributed by atoms with Crippen molar-refractivity contribution < 1.29 is 4.42 Å². The molecule has 0 saturated heterocycles. The van der Waals surface area contributed by atoms with E-state index in [0.29, 0.717) is 0 Å². The van der Waals surface area contributed by atoms with Crippen molar-refractivity contribution in [1.82, 2.24) is 4.57 Å². The van der Waals surface area contributed by atoms with Gasteiger partial charge < -0.3 is 13.8 Å². The fourth-order valence-corrected chi connectivity index (χ4v) is 13.2. The predicted octanol–water partition coefficient (Wildman–Crippen LogP) is 15.7. The number of aromatic nitrogens is 1. The van der Waals surface area contributed by atoms with Crippen LogP contribution < -0.4 is 15.7 Å². The first-order valence-electron chi connectivity index (χ1n) is 23.5. The van der Waals surface area contributed by atoms with E-state index in [9.17, 15) is 0 Å². The lowest BCUT2D eigenvalue weighted by molar-refractivity contribution is 0.590. The second-order valence-electron chi connectivity index (χ2n) is 21.7. The quantitative estimate of drug-likeness (QED) is 0.161. The molecule has 3 aromatic heterocycles. The van der Waals surface area contributed by atoms with Gasteiger partial charge in [0.05, 0.1) is 11.0 Å². The standard InChI is InChI=1S/C61H49BN2OS/c1-59(2,3)36-22-25-38(26-23-36)64-48-32-45-41(39-18-12-14-20-44(39)61(45,7)8)31-43(48)55-56-57-53(54-40-19-13-15-21-50(40)65-58(54)55)42-30-37(60(4,5)6)24-27-47(42)63(57)49-33-52-35(28-46(49)62(56)64)29-51(66-52)34-16-10-9-11-17-34/h9-33H,1-8H3. The Balaban J connectivity index is 1.20. The number of para-hydroxylation sites is 1. The zero-order chi connectivity index (χ0) is 44.8. The second kappa shape index (κ2) is 12.7. The highest BCUT2D eigenvalue weighted by atomic mass is 32.1. The van der Waals surface area contributed by atoms with Gasteiger partial charge in [-0.15, -0.1) is 11.3 Å². The first-order valence-corrected chi connectivity index (χ1v) is 24.3. The zero-order valence-corrected chi connectivity index (χ0v) is 39.5. The number of fused-ring (bicyclic) bond motifs is 17. The second-order valence-corrected chi connectivity index (χ2v) is 22.8. The Morgan fingerprint density at radius 1 is 0.591 bits per heavy atom. The summed E-state index contributed by atoms with van der Waals surface area (Å²) in [6.07, 6.45) is 0. The molecule has 0 unspecified atom stereocenters. The van der Waals surface area contributed by atoms with Crippen LogP contribution in [0.5, 0.6) is 0 Å². The van der Waals surface area contributed by atoms with E-state index in [0.717, 1.165) is 16.6 Å². The predicted molar refractivity (Wildman–Crippen MR) is 283 cm³/mol. The Kier molecular flexibility index (Phi) is 7.43. The number of benzene rings is 8. The molecule has 0 bridgehead atoms. The van der Waals surface area contributed by atoms with Crippen LogP contribution in [0.2, 0.25) is 0 Å². The third kappa shape index (κ3) is 4.99. The van der Waals surface area contributed by atoms with E-state index >= 15 is 0 Å². The molecule has 3 nitrogen and oxygen atoms in total. The number of anilines is 2. The van der Waals surface area contributed by atoms with Gasteiger partial charge in [0.2, 0.25) is 0 Å². The third-order valence-electron chi connectivity index (χ3n) is 15.5. The molecule has 66 heavy (non-hydrogen) atoms. The van der Waals surface area contributed by atoms with Crippen LogP contribution >= 0.6 is 11.3 Å². The number of hydrogen-bond acceptors (Lipinski definition) is 3. The minimum Gasteiger partial charge on any atom is -0.455 e. The van der Waals surface area contributed by atoms with Crippen LogP contribution in [0.25, 0.3) is 92.2 Å². The summed E-state index contributed by atoms with van der Waals surface area (Å²) in [5, 5.41) is 6.19. The molecule has 14 rings (SSSR count). The molecule has 0 atom stereocenters. The lowest BCUT2D eigenvalue weighted by Gasteiger charge is -2.42. The van der Waals surface area contributed by atoms with Crippen molar-refractivity contribution in [2.75, 3.05) is 4.81 Å². The molecule has 3 aliphatic rings. The third-order valence-corrected chi connectivity index (χ3v) is 16.6. The van der Waals surface area contributed by atoms with Crippen LogP contribution in [0, 0.1) is 0 Å². The molecule has 11 aromatic rings. The van der Waals surface area contributed by atoms with E-state index in [4.69, 9.17) is 4.42 Å². The molecule has 8 aromatic carbocycles. The molecule has 5 heterocycles. The summed E-state index contributed by atoms with van der Waals surface area (Å²) >= 11 is 1.89. The molecular weight excluding hydrogens is 820 g/mol. The van der Waals surface area contributed by atoms with Crippen molar-refractivity contribution in [1.29, 1.82) is 0 Å². The van der Waals surface area contributed by atoms with Gasteiger partial charge >= 0.3 is 6.85 Å². The first kappa shape index (κ1) is 38.5. The van der Waals surface area contributed by atoms with Gasteiger partial charge in [0.15, 0.2) is 0 Å². The average Bonchev–Trinajstić information content (AvgIpc) is 4.05. The first-order chi connectivity index (χ1) is 31.8. The number of thiophene rings is 1. The van der Waals surface area contributed by atoms with Gasteiger partial charge in [-0.3, -0.25) is 0 Å². The summed E-state index contributed by atoms with van der Waals surface area (Å²) in [7, 11) is 0. The lowest BCUT2D eigenvalue weighted by atomic mass is 9.43. The van der Waals surface area contributed by atoms with Gasteiger partial charge in [-0.05, 0) is 121 Å². The molecule has 0 fully saturated rings.